The Bertz CT molecular complexity index is 966. The number of fused-ring (bicyclic) bond motifs is 1. The summed E-state index contributed by atoms with van der Waals surface area (Å²) >= 11 is 1.29. The molecule has 2 aromatic heterocycles. The minimum atomic E-state index is -0.343. The van der Waals surface area contributed by atoms with Gasteiger partial charge in [-0.25, -0.2) is 0 Å². The normalized spacial score (nSPS) is 10.9. The molecule has 0 saturated heterocycles. The molecule has 1 amide bonds. The highest BCUT2D eigenvalue weighted by Crippen LogP contribution is 2.18. The number of benzene rings is 1. The van der Waals surface area contributed by atoms with E-state index in [1.54, 1.807) is 18.5 Å². The standard InChI is InChI=1S/C19H23N5O3S/c1-3-27-18(26)10-16-22-23-19(24(16)2)28-12-17(25)20-9-8-13-11-21-15-7-5-4-6-14(13)15/h4-7,11,21H,3,8-10,12H2,1-2H3,(H,20,25). The maximum atomic E-state index is 12.1. The number of thioether (sulfide) groups is 1. The van der Waals surface area contributed by atoms with E-state index in [0.29, 0.717) is 24.1 Å². The van der Waals surface area contributed by atoms with Crippen LogP contribution in [0.1, 0.15) is 18.3 Å². The largest absolute Gasteiger partial charge is 0.466 e. The Balaban J connectivity index is 1.44. The number of aromatic nitrogens is 4. The molecular formula is C19H23N5O3S. The predicted octanol–water partition coefficient (Wildman–Crippen LogP) is 1.85. The van der Waals surface area contributed by atoms with Crippen molar-refractivity contribution < 1.29 is 14.3 Å². The molecule has 0 fully saturated rings. The van der Waals surface area contributed by atoms with Gasteiger partial charge >= 0.3 is 5.97 Å². The fraction of sp³-hybridized carbons (Fsp3) is 0.368. The van der Waals surface area contributed by atoms with E-state index in [2.05, 4.69) is 26.6 Å². The van der Waals surface area contributed by atoms with Crippen molar-refractivity contribution in [3.63, 3.8) is 0 Å². The second-order valence-corrected chi connectivity index (χ2v) is 7.13. The lowest BCUT2D eigenvalue weighted by atomic mass is 10.1. The molecule has 0 aliphatic carbocycles. The van der Waals surface area contributed by atoms with E-state index in [1.807, 2.05) is 24.4 Å². The van der Waals surface area contributed by atoms with Gasteiger partial charge in [0.2, 0.25) is 5.91 Å². The third kappa shape index (κ3) is 4.92. The average Bonchev–Trinajstić information content (AvgIpc) is 3.25. The first kappa shape index (κ1) is 19.9. The predicted molar refractivity (Wildman–Crippen MR) is 107 cm³/mol. The summed E-state index contributed by atoms with van der Waals surface area (Å²) in [5.74, 6) is 0.337. The monoisotopic (exact) mass is 401 g/mol. The number of rotatable bonds is 9. The molecule has 0 unspecified atom stereocenters. The van der Waals surface area contributed by atoms with Crippen LogP contribution in [0.5, 0.6) is 0 Å². The van der Waals surface area contributed by atoms with Crippen molar-refractivity contribution in [3.8, 4) is 0 Å². The van der Waals surface area contributed by atoms with Crippen LogP contribution >= 0.6 is 11.8 Å². The molecule has 148 valence electrons. The minimum Gasteiger partial charge on any atom is -0.466 e. The number of carbonyl (C=O) groups is 2. The van der Waals surface area contributed by atoms with E-state index in [9.17, 15) is 9.59 Å². The minimum absolute atomic E-state index is 0.0642. The molecular weight excluding hydrogens is 378 g/mol. The fourth-order valence-corrected chi connectivity index (χ4v) is 3.58. The molecule has 0 radical (unpaired) electrons. The van der Waals surface area contributed by atoms with Crippen LogP contribution in [0.3, 0.4) is 0 Å². The summed E-state index contributed by atoms with van der Waals surface area (Å²) in [6.07, 6.45) is 2.80. The Hall–Kier alpha value is -2.81. The summed E-state index contributed by atoms with van der Waals surface area (Å²) in [5, 5.41) is 12.7. The maximum Gasteiger partial charge on any atom is 0.313 e. The fourth-order valence-electron chi connectivity index (χ4n) is 2.82. The van der Waals surface area contributed by atoms with Gasteiger partial charge < -0.3 is 19.6 Å². The zero-order valence-electron chi connectivity index (χ0n) is 15.9. The molecule has 0 aliphatic heterocycles. The third-order valence-electron chi connectivity index (χ3n) is 4.26. The summed E-state index contributed by atoms with van der Waals surface area (Å²) < 4.78 is 6.63. The van der Waals surface area contributed by atoms with Gasteiger partial charge in [-0.15, -0.1) is 10.2 Å². The van der Waals surface area contributed by atoms with Gasteiger partial charge in [0.05, 0.1) is 12.4 Å². The van der Waals surface area contributed by atoms with Crippen molar-refractivity contribution in [2.24, 2.45) is 7.05 Å². The number of nitrogens with zero attached hydrogens (tertiary/aromatic N) is 3. The van der Waals surface area contributed by atoms with Crippen molar-refractivity contribution in [2.45, 2.75) is 24.9 Å². The topological polar surface area (TPSA) is 102 Å². The Morgan fingerprint density at radius 1 is 1.29 bits per heavy atom. The Morgan fingerprint density at radius 3 is 2.93 bits per heavy atom. The zero-order chi connectivity index (χ0) is 19.9. The molecule has 0 bridgehead atoms. The van der Waals surface area contributed by atoms with Gasteiger partial charge in [0.1, 0.15) is 12.2 Å². The number of carbonyl (C=O) groups excluding carboxylic acids is 2. The van der Waals surface area contributed by atoms with Crippen molar-refractivity contribution in [2.75, 3.05) is 18.9 Å². The number of hydrogen-bond donors (Lipinski definition) is 2. The third-order valence-corrected chi connectivity index (χ3v) is 5.28. The van der Waals surface area contributed by atoms with Crippen molar-refractivity contribution in [1.29, 1.82) is 0 Å². The van der Waals surface area contributed by atoms with Crippen LogP contribution in [-0.4, -0.2) is 50.5 Å². The van der Waals surface area contributed by atoms with Crippen LogP contribution in [0, 0.1) is 0 Å². The van der Waals surface area contributed by atoms with E-state index in [4.69, 9.17) is 4.74 Å². The number of H-pyrrole nitrogens is 1. The van der Waals surface area contributed by atoms with E-state index in [-0.39, 0.29) is 24.1 Å². The van der Waals surface area contributed by atoms with Gasteiger partial charge in [-0.05, 0) is 25.0 Å². The van der Waals surface area contributed by atoms with E-state index < -0.39 is 0 Å². The van der Waals surface area contributed by atoms with Crippen LogP contribution in [0.2, 0.25) is 0 Å². The summed E-state index contributed by atoms with van der Waals surface area (Å²) in [4.78, 5) is 26.9. The van der Waals surface area contributed by atoms with Crippen LogP contribution < -0.4 is 5.32 Å². The second-order valence-electron chi connectivity index (χ2n) is 6.19. The summed E-state index contributed by atoms with van der Waals surface area (Å²) in [7, 11) is 1.77. The lowest BCUT2D eigenvalue weighted by Gasteiger charge is -2.05. The van der Waals surface area contributed by atoms with Gasteiger partial charge in [0.25, 0.3) is 0 Å². The Labute approximate surface area is 167 Å². The molecule has 0 saturated carbocycles. The average molecular weight is 401 g/mol. The first-order valence-corrected chi connectivity index (χ1v) is 10.1. The van der Waals surface area contributed by atoms with Gasteiger partial charge in [-0.1, -0.05) is 30.0 Å². The quantitative estimate of drug-likeness (QED) is 0.419. The second kappa shape index (κ2) is 9.41. The molecule has 1 aromatic carbocycles. The maximum absolute atomic E-state index is 12.1. The lowest BCUT2D eigenvalue weighted by Crippen LogP contribution is -2.27. The van der Waals surface area contributed by atoms with Crippen molar-refractivity contribution in [1.82, 2.24) is 25.1 Å². The Morgan fingerprint density at radius 2 is 2.11 bits per heavy atom. The summed E-state index contributed by atoms with van der Waals surface area (Å²) in [6, 6.07) is 8.10. The SMILES string of the molecule is CCOC(=O)Cc1nnc(SCC(=O)NCCc2c[nH]c3ccccc23)n1C. The number of ether oxygens (including phenoxy) is 1. The number of nitrogens with one attached hydrogen (secondary N) is 2. The van der Waals surface area contributed by atoms with Crippen LogP contribution in [0.25, 0.3) is 10.9 Å². The molecule has 3 rings (SSSR count). The first-order chi connectivity index (χ1) is 13.6. The molecule has 9 heteroatoms. The number of esters is 1. The molecule has 8 nitrogen and oxygen atoms in total. The van der Waals surface area contributed by atoms with E-state index in [0.717, 1.165) is 11.9 Å². The molecule has 0 atom stereocenters. The van der Waals surface area contributed by atoms with Crippen LogP contribution in [0.4, 0.5) is 0 Å². The van der Waals surface area contributed by atoms with Crippen LogP contribution in [-0.2, 0) is 34.2 Å². The van der Waals surface area contributed by atoms with Gasteiger partial charge in [0.15, 0.2) is 5.16 Å². The van der Waals surface area contributed by atoms with E-state index >= 15 is 0 Å². The highest BCUT2D eigenvalue weighted by atomic mass is 32.2. The van der Waals surface area contributed by atoms with Gasteiger partial charge in [0, 0.05) is 30.7 Å². The van der Waals surface area contributed by atoms with E-state index in [1.165, 1.54) is 22.7 Å². The first-order valence-electron chi connectivity index (χ1n) is 9.07. The number of hydrogen-bond acceptors (Lipinski definition) is 6. The molecule has 2 heterocycles. The van der Waals surface area contributed by atoms with Gasteiger partial charge in [-0.2, -0.15) is 0 Å². The highest BCUT2D eigenvalue weighted by Gasteiger charge is 2.15. The zero-order valence-corrected chi connectivity index (χ0v) is 16.7. The van der Waals surface area contributed by atoms with Crippen molar-refractivity contribution in [3.05, 3.63) is 41.9 Å². The number of aromatic amines is 1. The van der Waals surface area contributed by atoms with Gasteiger partial charge in [-0.3, -0.25) is 9.59 Å². The Kier molecular flexibility index (Phi) is 6.70. The van der Waals surface area contributed by atoms with Crippen molar-refractivity contribution >= 4 is 34.5 Å². The summed E-state index contributed by atoms with van der Waals surface area (Å²) in [6.45, 7) is 2.65. The molecule has 0 aliphatic rings. The molecule has 0 spiro atoms. The lowest BCUT2D eigenvalue weighted by molar-refractivity contribution is -0.142. The number of para-hydroxylation sites is 1. The summed E-state index contributed by atoms with van der Waals surface area (Å²) in [5.41, 5.74) is 2.28. The highest BCUT2D eigenvalue weighted by molar-refractivity contribution is 7.99. The molecule has 3 aromatic rings. The molecule has 2 N–H and O–H groups in total. The number of amides is 1. The molecule has 28 heavy (non-hydrogen) atoms. The smallest absolute Gasteiger partial charge is 0.313 e. The van der Waals surface area contributed by atoms with Crippen LogP contribution in [0.15, 0.2) is 35.6 Å².